The van der Waals surface area contributed by atoms with E-state index in [0.717, 1.165) is 32.0 Å². The molecule has 1 aliphatic heterocycles. The molecule has 5 heteroatoms. The lowest BCUT2D eigenvalue weighted by Gasteiger charge is -2.44. The Morgan fingerprint density at radius 3 is 2.29 bits per heavy atom. The van der Waals surface area contributed by atoms with Crippen molar-refractivity contribution in [2.24, 2.45) is 0 Å². The van der Waals surface area contributed by atoms with Crippen LogP contribution < -0.4 is 4.74 Å². The third-order valence-electron chi connectivity index (χ3n) is 6.22. The minimum absolute atomic E-state index is 0.319. The van der Waals surface area contributed by atoms with Crippen molar-refractivity contribution in [3.05, 3.63) is 64.7 Å². The lowest BCUT2D eigenvalue weighted by atomic mass is 9.76. The summed E-state index contributed by atoms with van der Waals surface area (Å²) in [7, 11) is 0. The number of halogens is 3. The summed E-state index contributed by atoms with van der Waals surface area (Å²) in [4.78, 5) is 2.57. The van der Waals surface area contributed by atoms with Crippen molar-refractivity contribution < 1.29 is 13.5 Å². The molecule has 28 heavy (non-hydrogen) atoms. The fourth-order valence-electron chi connectivity index (χ4n) is 4.72. The van der Waals surface area contributed by atoms with Crippen LogP contribution in [0.25, 0.3) is 0 Å². The molecule has 2 fully saturated rings. The van der Waals surface area contributed by atoms with Gasteiger partial charge in [-0.2, -0.15) is 0 Å². The first-order chi connectivity index (χ1) is 13.6. The summed E-state index contributed by atoms with van der Waals surface area (Å²) < 4.78 is 35.1. The van der Waals surface area contributed by atoms with E-state index in [4.69, 9.17) is 16.3 Å². The van der Waals surface area contributed by atoms with Gasteiger partial charge >= 0.3 is 0 Å². The molecule has 150 valence electrons. The van der Waals surface area contributed by atoms with Gasteiger partial charge in [0.2, 0.25) is 0 Å². The van der Waals surface area contributed by atoms with Gasteiger partial charge in [-0.1, -0.05) is 18.0 Å². The van der Waals surface area contributed by atoms with E-state index in [1.807, 2.05) is 0 Å². The highest BCUT2D eigenvalue weighted by molar-refractivity contribution is 6.30. The molecule has 0 N–H and O–H groups in total. The number of nitrogens with zero attached hydrogens (tertiary/aromatic N) is 1. The molecule has 0 amide bonds. The lowest BCUT2D eigenvalue weighted by Crippen LogP contribution is -2.46. The number of benzene rings is 2. The van der Waals surface area contributed by atoms with Gasteiger partial charge in [-0.15, -0.1) is 0 Å². The highest BCUT2D eigenvalue weighted by Crippen LogP contribution is 2.44. The maximum atomic E-state index is 14.7. The van der Waals surface area contributed by atoms with Crippen LogP contribution in [0.4, 0.5) is 8.78 Å². The van der Waals surface area contributed by atoms with Crippen LogP contribution in [-0.4, -0.2) is 24.0 Å². The molecule has 0 unspecified atom stereocenters. The maximum Gasteiger partial charge on any atom is 0.137 e. The highest BCUT2D eigenvalue weighted by Gasteiger charge is 2.42. The van der Waals surface area contributed by atoms with Crippen molar-refractivity contribution in [1.29, 1.82) is 0 Å². The second kappa shape index (κ2) is 8.38. The van der Waals surface area contributed by atoms with Gasteiger partial charge in [-0.25, -0.2) is 8.78 Å². The Kier molecular flexibility index (Phi) is 5.88. The maximum absolute atomic E-state index is 14.7. The third-order valence-corrected chi connectivity index (χ3v) is 6.47. The topological polar surface area (TPSA) is 12.5 Å². The van der Waals surface area contributed by atoms with E-state index < -0.39 is 17.2 Å². The molecule has 1 aliphatic carbocycles. The molecule has 0 atom stereocenters. The fraction of sp³-hybridized carbons (Fsp3) is 0.478. The Hall–Kier alpha value is -1.65. The van der Waals surface area contributed by atoms with Crippen LogP contribution in [0.1, 0.15) is 50.5 Å². The largest absolute Gasteiger partial charge is 0.482 e. The minimum Gasteiger partial charge on any atom is -0.482 e. The highest BCUT2D eigenvalue weighted by atomic mass is 35.5. The van der Waals surface area contributed by atoms with E-state index >= 15 is 0 Å². The van der Waals surface area contributed by atoms with Crippen molar-refractivity contribution in [2.45, 2.75) is 56.6 Å². The van der Waals surface area contributed by atoms with Crippen LogP contribution in [0.2, 0.25) is 5.02 Å². The van der Waals surface area contributed by atoms with Gasteiger partial charge in [0, 0.05) is 16.6 Å². The third kappa shape index (κ3) is 4.18. The van der Waals surface area contributed by atoms with Gasteiger partial charge in [0.15, 0.2) is 0 Å². The van der Waals surface area contributed by atoms with Crippen LogP contribution in [0.15, 0.2) is 42.5 Å². The molecule has 2 aromatic rings. The number of ether oxygens (including phenoxy) is 1. The first kappa shape index (κ1) is 19.7. The number of likely N-dealkylation sites (tertiary alicyclic amines) is 1. The van der Waals surface area contributed by atoms with E-state index in [1.165, 1.54) is 31.4 Å². The Labute approximate surface area is 170 Å². The van der Waals surface area contributed by atoms with Gasteiger partial charge in [0.1, 0.15) is 23.0 Å². The fourth-order valence-corrected chi connectivity index (χ4v) is 4.84. The normalized spacial score (nSPS) is 26.2. The van der Waals surface area contributed by atoms with Crippen molar-refractivity contribution in [1.82, 2.24) is 4.90 Å². The van der Waals surface area contributed by atoms with E-state index in [0.29, 0.717) is 35.2 Å². The summed E-state index contributed by atoms with van der Waals surface area (Å²) in [6.45, 7) is 2.29. The summed E-state index contributed by atoms with van der Waals surface area (Å²) in [5.41, 5.74) is -0.536. The van der Waals surface area contributed by atoms with Crippen LogP contribution in [0.3, 0.4) is 0 Å². The number of hydrogen-bond donors (Lipinski definition) is 0. The van der Waals surface area contributed by atoms with E-state index in [-0.39, 0.29) is 0 Å². The summed E-state index contributed by atoms with van der Waals surface area (Å²) in [6.07, 6.45) is 6.98. The molecule has 1 heterocycles. The minimum atomic E-state index is -0.855. The summed E-state index contributed by atoms with van der Waals surface area (Å²) in [5.74, 6) is -0.218. The van der Waals surface area contributed by atoms with Crippen LogP contribution >= 0.6 is 11.6 Å². The molecule has 0 spiro atoms. The second-order valence-corrected chi connectivity index (χ2v) is 8.44. The quantitative estimate of drug-likeness (QED) is 0.590. The van der Waals surface area contributed by atoms with Gasteiger partial charge < -0.3 is 9.64 Å². The van der Waals surface area contributed by atoms with E-state index in [9.17, 15) is 8.78 Å². The van der Waals surface area contributed by atoms with Crippen molar-refractivity contribution in [3.8, 4) is 5.75 Å². The van der Waals surface area contributed by atoms with Crippen LogP contribution in [0.5, 0.6) is 5.75 Å². The average molecular weight is 406 g/mol. The molecule has 2 aromatic carbocycles. The van der Waals surface area contributed by atoms with E-state index in [2.05, 4.69) is 4.90 Å². The van der Waals surface area contributed by atoms with Crippen molar-refractivity contribution in [2.75, 3.05) is 13.1 Å². The zero-order chi connectivity index (χ0) is 19.6. The first-order valence-electron chi connectivity index (χ1n) is 10.2. The molecule has 4 rings (SSSR count). The molecule has 2 aliphatic rings. The lowest BCUT2D eigenvalue weighted by molar-refractivity contribution is -0.00868. The van der Waals surface area contributed by atoms with Gasteiger partial charge in [0.05, 0.1) is 0 Å². The monoisotopic (exact) mass is 405 g/mol. The van der Waals surface area contributed by atoms with E-state index in [1.54, 1.807) is 24.3 Å². The molecule has 0 bridgehead atoms. The molecular weight excluding hydrogens is 380 g/mol. The Morgan fingerprint density at radius 1 is 0.929 bits per heavy atom. The zero-order valence-corrected chi connectivity index (χ0v) is 16.7. The van der Waals surface area contributed by atoms with Crippen molar-refractivity contribution >= 4 is 11.6 Å². The number of rotatable bonds is 4. The first-order valence-corrected chi connectivity index (χ1v) is 10.6. The summed E-state index contributed by atoms with van der Waals surface area (Å²) in [6, 6.07) is 11.3. The Balaban J connectivity index is 1.61. The van der Waals surface area contributed by atoms with Crippen LogP contribution in [0, 0.1) is 11.6 Å². The predicted molar refractivity (Wildman–Crippen MR) is 108 cm³/mol. The van der Waals surface area contributed by atoms with Gasteiger partial charge in [-0.05, 0) is 94.1 Å². The summed E-state index contributed by atoms with van der Waals surface area (Å²) >= 11 is 5.99. The van der Waals surface area contributed by atoms with Crippen LogP contribution in [-0.2, 0) is 5.60 Å². The molecule has 0 aromatic heterocycles. The average Bonchev–Trinajstić information content (AvgIpc) is 2.73. The van der Waals surface area contributed by atoms with Crippen molar-refractivity contribution in [3.63, 3.8) is 0 Å². The Morgan fingerprint density at radius 2 is 1.61 bits per heavy atom. The summed E-state index contributed by atoms with van der Waals surface area (Å²) in [5, 5.41) is 0.618. The molecular formula is C23H26ClF2NO. The number of hydrogen-bond acceptors (Lipinski definition) is 2. The smallest absolute Gasteiger partial charge is 0.137 e. The second-order valence-electron chi connectivity index (χ2n) is 8.00. The SMILES string of the molecule is Fc1ccc(F)c(C2(Oc3ccc(Cl)cc3)CCC(N3CCCCC3)CC2)c1. The molecule has 1 saturated heterocycles. The molecule has 2 nitrogen and oxygen atoms in total. The Bertz CT molecular complexity index is 797. The predicted octanol–water partition coefficient (Wildman–Crippen LogP) is 6.32. The number of piperidine rings is 1. The molecule has 0 radical (unpaired) electrons. The van der Waals surface area contributed by atoms with Gasteiger partial charge in [0.25, 0.3) is 0 Å². The van der Waals surface area contributed by atoms with Gasteiger partial charge in [-0.3, -0.25) is 0 Å². The molecule has 1 saturated carbocycles. The zero-order valence-electron chi connectivity index (χ0n) is 16.0. The standard InChI is InChI=1S/C23H26ClF2NO/c24-17-4-7-20(8-5-17)28-23(21-16-18(25)6-9-22(21)26)12-10-19(11-13-23)27-14-2-1-3-15-27/h4-9,16,19H,1-3,10-15H2.